The van der Waals surface area contributed by atoms with Crippen molar-refractivity contribution in [2.45, 2.75) is 26.9 Å². The van der Waals surface area contributed by atoms with Crippen LogP contribution in [0.2, 0.25) is 5.02 Å². The Hall–Kier alpha value is -0.830. The predicted octanol–water partition coefficient (Wildman–Crippen LogP) is 4.31. The van der Waals surface area contributed by atoms with Gasteiger partial charge >= 0.3 is 0 Å². The summed E-state index contributed by atoms with van der Waals surface area (Å²) in [5.74, 6) is 0. The minimum absolute atomic E-state index is 0.816. The van der Waals surface area contributed by atoms with E-state index in [-0.39, 0.29) is 0 Å². The van der Waals surface area contributed by atoms with Gasteiger partial charge in [0.1, 0.15) is 0 Å². The highest BCUT2D eigenvalue weighted by Gasteiger charge is 2.01. The number of benzene rings is 1. The van der Waals surface area contributed by atoms with Crippen LogP contribution in [0.15, 0.2) is 30.3 Å². The van der Waals surface area contributed by atoms with Gasteiger partial charge < -0.3 is 5.32 Å². The Balaban J connectivity index is 1.90. The number of hydrogen-bond donors (Lipinski definition) is 1. The first kappa shape index (κ1) is 12.6. The minimum atomic E-state index is 0.816. The summed E-state index contributed by atoms with van der Waals surface area (Å²) in [7, 11) is 0. The van der Waals surface area contributed by atoms with Crippen LogP contribution >= 0.6 is 22.9 Å². The number of nitrogens with one attached hydrogen (secondary N) is 1. The third-order valence-corrected chi connectivity index (χ3v) is 3.97. The molecule has 0 atom stereocenters. The Morgan fingerprint density at radius 3 is 2.59 bits per heavy atom. The SMILES string of the molecule is Cc1ccc(CNCc2ccc(C)s2)c(Cl)c1. The predicted molar refractivity (Wildman–Crippen MR) is 75.8 cm³/mol. The van der Waals surface area contributed by atoms with Gasteiger partial charge in [0.05, 0.1) is 0 Å². The molecule has 0 aliphatic heterocycles. The second-order valence-corrected chi connectivity index (χ2v) is 5.99. The Morgan fingerprint density at radius 2 is 1.94 bits per heavy atom. The van der Waals surface area contributed by atoms with Crippen LogP contribution in [0.5, 0.6) is 0 Å². The maximum atomic E-state index is 6.18. The molecule has 2 aromatic rings. The van der Waals surface area contributed by atoms with E-state index in [4.69, 9.17) is 11.6 Å². The molecule has 1 heterocycles. The Kier molecular flexibility index (Phi) is 4.21. The molecule has 0 saturated heterocycles. The fourth-order valence-electron chi connectivity index (χ4n) is 1.70. The Bertz CT molecular complexity index is 505. The summed E-state index contributed by atoms with van der Waals surface area (Å²) in [5.41, 5.74) is 2.36. The van der Waals surface area contributed by atoms with Crippen molar-refractivity contribution in [1.29, 1.82) is 0 Å². The summed E-state index contributed by atoms with van der Waals surface area (Å²) >= 11 is 8.01. The molecule has 0 saturated carbocycles. The molecule has 90 valence electrons. The van der Waals surface area contributed by atoms with E-state index in [9.17, 15) is 0 Å². The molecule has 0 radical (unpaired) electrons. The summed E-state index contributed by atoms with van der Waals surface area (Å²) < 4.78 is 0. The summed E-state index contributed by atoms with van der Waals surface area (Å²) in [5, 5.41) is 4.26. The number of hydrogen-bond acceptors (Lipinski definition) is 2. The standard InChI is InChI=1S/C14H16ClNS/c1-10-3-5-12(14(15)7-10)8-16-9-13-6-4-11(2)17-13/h3-7,16H,8-9H2,1-2H3. The van der Waals surface area contributed by atoms with E-state index in [0.717, 1.165) is 23.7 Å². The summed E-state index contributed by atoms with van der Waals surface area (Å²) in [6.07, 6.45) is 0. The van der Waals surface area contributed by atoms with Gasteiger partial charge in [-0.25, -0.2) is 0 Å². The first-order valence-electron chi connectivity index (χ1n) is 5.66. The molecule has 1 aromatic heterocycles. The van der Waals surface area contributed by atoms with E-state index >= 15 is 0 Å². The molecule has 17 heavy (non-hydrogen) atoms. The van der Waals surface area contributed by atoms with Crippen LogP contribution in [0.4, 0.5) is 0 Å². The van der Waals surface area contributed by atoms with Crippen molar-refractivity contribution >= 4 is 22.9 Å². The van der Waals surface area contributed by atoms with E-state index < -0.39 is 0 Å². The lowest BCUT2D eigenvalue weighted by Crippen LogP contribution is -2.12. The van der Waals surface area contributed by atoms with Gasteiger partial charge in [-0.05, 0) is 43.2 Å². The third-order valence-electron chi connectivity index (χ3n) is 2.62. The molecule has 1 nitrogen and oxygen atoms in total. The molecular weight excluding hydrogens is 250 g/mol. The highest BCUT2D eigenvalue weighted by Crippen LogP contribution is 2.18. The average Bonchev–Trinajstić information content (AvgIpc) is 2.68. The van der Waals surface area contributed by atoms with Crippen LogP contribution in [0.1, 0.15) is 20.9 Å². The zero-order valence-electron chi connectivity index (χ0n) is 10.1. The minimum Gasteiger partial charge on any atom is -0.308 e. The van der Waals surface area contributed by atoms with Gasteiger partial charge in [0.25, 0.3) is 0 Å². The fraction of sp³-hybridized carbons (Fsp3) is 0.286. The molecule has 2 rings (SSSR count). The van der Waals surface area contributed by atoms with Gasteiger partial charge in [-0.1, -0.05) is 23.7 Å². The van der Waals surface area contributed by atoms with Crippen LogP contribution < -0.4 is 5.32 Å². The maximum absolute atomic E-state index is 6.18. The van der Waals surface area contributed by atoms with Crippen molar-refractivity contribution in [3.8, 4) is 0 Å². The first-order chi connectivity index (χ1) is 8.15. The number of aryl methyl sites for hydroxylation is 2. The lowest BCUT2D eigenvalue weighted by molar-refractivity contribution is 0.701. The smallest absolute Gasteiger partial charge is 0.0453 e. The van der Waals surface area contributed by atoms with Crippen molar-refractivity contribution in [3.63, 3.8) is 0 Å². The second kappa shape index (κ2) is 5.67. The van der Waals surface area contributed by atoms with Crippen LogP contribution in [0, 0.1) is 13.8 Å². The quantitative estimate of drug-likeness (QED) is 0.869. The van der Waals surface area contributed by atoms with Gasteiger partial charge in [-0.3, -0.25) is 0 Å². The Labute approximate surface area is 111 Å². The molecule has 0 unspecified atom stereocenters. The van der Waals surface area contributed by atoms with E-state index in [1.54, 1.807) is 0 Å². The molecule has 0 aliphatic carbocycles. The second-order valence-electron chi connectivity index (χ2n) is 4.21. The highest BCUT2D eigenvalue weighted by molar-refractivity contribution is 7.11. The van der Waals surface area contributed by atoms with E-state index in [1.165, 1.54) is 15.3 Å². The van der Waals surface area contributed by atoms with Crippen molar-refractivity contribution in [2.24, 2.45) is 0 Å². The largest absolute Gasteiger partial charge is 0.308 e. The van der Waals surface area contributed by atoms with Crippen molar-refractivity contribution in [2.75, 3.05) is 0 Å². The van der Waals surface area contributed by atoms with Crippen LogP contribution in [0.25, 0.3) is 0 Å². The fourth-order valence-corrected chi connectivity index (χ4v) is 2.86. The monoisotopic (exact) mass is 265 g/mol. The zero-order chi connectivity index (χ0) is 12.3. The van der Waals surface area contributed by atoms with E-state index in [1.807, 2.05) is 17.4 Å². The number of thiophene rings is 1. The molecule has 0 aliphatic rings. The van der Waals surface area contributed by atoms with Gasteiger partial charge in [0.2, 0.25) is 0 Å². The van der Waals surface area contributed by atoms with E-state index in [2.05, 4.69) is 43.4 Å². The normalized spacial score (nSPS) is 10.8. The van der Waals surface area contributed by atoms with Gasteiger partial charge in [-0.2, -0.15) is 0 Å². The number of halogens is 1. The molecule has 3 heteroatoms. The maximum Gasteiger partial charge on any atom is 0.0453 e. The summed E-state index contributed by atoms with van der Waals surface area (Å²) in [6.45, 7) is 5.90. The molecule has 0 spiro atoms. The molecule has 0 fully saturated rings. The highest BCUT2D eigenvalue weighted by atomic mass is 35.5. The van der Waals surface area contributed by atoms with Gasteiger partial charge in [0, 0.05) is 27.9 Å². The van der Waals surface area contributed by atoms with Crippen molar-refractivity contribution < 1.29 is 0 Å². The average molecular weight is 266 g/mol. The molecule has 1 aromatic carbocycles. The van der Waals surface area contributed by atoms with E-state index in [0.29, 0.717) is 0 Å². The summed E-state index contributed by atoms with van der Waals surface area (Å²) in [6, 6.07) is 10.5. The van der Waals surface area contributed by atoms with Crippen LogP contribution in [-0.4, -0.2) is 0 Å². The lowest BCUT2D eigenvalue weighted by Gasteiger charge is -2.06. The van der Waals surface area contributed by atoms with Gasteiger partial charge in [0.15, 0.2) is 0 Å². The molecule has 1 N–H and O–H groups in total. The molecule has 0 amide bonds. The summed E-state index contributed by atoms with van der Waals surface area (Å²) in [4.78, 5) is 2.72. The molecular formula is C14H16ClNS. The van der Waals surface area contributed by atoms with Crippen molar-refractivity contribution in [3.05, 3.63) is 56.2 Å². The first-order valence-corrected chi connectivity index (χ1v) is 6.85. The lowest BCUT2D eigenvalue weighted by atomic mass is 10.1. The van der Waals surface area contributed by atoms with Gasteiger partial charge in [-0.15, -0.1) is 11.3 Å². The third kappa shape index (κ3) is 3.56. The Morgan fingerprint density at radius 1 is 1.12 bits per heavy atom. The zero-order valence-corrected chi connectivity index (χ0v) is 11.7. The van der Waals surface area contributed by atoms with Crippen LogP contribution in [-0.2, 0) is 13.1 Å². The molecule has 0 bridgehead atoms. The number of rotatable bonds is 4. The van der Waals surface area contributed by atoms with Crippen LogP contribution in [0.3, 0.4) is 0 Å². The van der Waals surface area contributed by atoms with Crippen molar-refractivity contribution in [1.82, 2.24) is 5.32 Å². The topological polar surface area (TPSA) is 12.0 Å².